The van der Waals surface area contributed by atoms with Crippen LogP contribution in [-0.4, -0.2) is 65.5 Å². The van der Waals surface area contributed by atoms with Gasteiger partial charge in [-0.25, -0.2) is 9.46 Å². The molecule has 1 fully saturated rings. The van der Waals surface area contributed by atoms with E-state index in [0.717, 1.165) is 19.3 Å². The second kappa shape index (κ2) is 10.7. The Labute approximate surface area is 167 Å². The quantitative estimate of drug-likeness (QED) is 0.445. The van der Waals surface area contributed by atoms with Gasteiger partial charge in [-0.1, -0.05) is 30.3 Å². The van der Waals surface area contributed by atoms with Crippen molar-refractivity contribution in [3.63, 3.8) is 0 Å². The average molecular weight is 410 g/mol. The number of hydrogen-bond donors (Lipinski definition) is 1. The molecular weight excluding hydrogens is 379 g/mol. The lowest BCUT2D eigenvalue weighted by Crippen LogP contribution is -2.44. The molecule has 0 spiro atoms. The third-order valence-corrected chi connectivity index (χ3v) is 7.80. The van der Waals surface area contributed by atoms with E-state index in [1.807, 2.05) is 18.2 Å². The van der Waals surface area contributed by atoms with E-state index in [1.165, 1.54) is 15.1 Å². The van der Waals surface area contributed by atoms with Crippen LogP contribution in [0.1, 0.15) is 38.2 Å². The molecule has 0 radical (unpaired) electrons. The van der Waals surface area contributed by atoms with Gasteiger partial charge in [-0.3, -0.25) is 9.36 Å². The van der Waals surface area contributed by atoms with Crippen molar-refractivity contribution in [3.05, 3.63) is 35.9 Å². The van der Waals surface area contributed by atoms with E-state index in [-0.39, 0.29) is 12.5 Å². The van der Waals surface area contributed by atoms with Crippen molar-refractivity contribution in [1.82, 2.24) is 9.57 Å². The second-order valence-corrected chi connectivity index (χ2v) is 9.78. The van der Waals surface area contributed by atoms with Crippen molar-refractivity contribution in [2.24, 2.45) is 0 Å². The number of carboxylic acid groups (broad SMARTS) is 1. The smallest absolute Gasteiger partial charge is 0.326 e. The number of rotatable bonds is 11. The van der Waals surface area contributed by atoms with Gasteiger partial charge in [-0.2, -0.15) is 0 Å². The van der Waals surface area contributed by atoms with Gasteiger partial charge in [0.2, 0.25) is 5.91 Å². The molecule has 1 aromatic carbocycles. The monoisotopic (exact) mass is 410 g/mol. The van der Waals surface area contributed by atoms with Crippen molar-refractivity contribution in [2.45, 2.75) is 45.1 Å². The molecular formula is C20H31N2O5P. The molecule has 2 atom stereocenters. The van der Waals surface area contributed by atoms with Crippen LogP contribution in [0.3, 0.4) is 0 Å². The van der Waals surface area contributed by atoms with Gasteiger partial charge in [0.15, 0.2) is 0 Å². The Bertz CT molecular complexity index is 697. The van der Waals surface area contributed by atoms with E-state index in [4.69, 9.17) is 4.52 Å². The summed E-state index contributed by atoms with van der Waals surface area (Å²) in [6.07, 6.45) is 4.04. The number of carbonyl (C=O) groups excluding carboxylic acids is 1. The molecule has 156 valence electrons. The minimum Gasteiger partial charge on any atom is -0.480 e. The lowest BCUT2D eigenvalue weighted by Gasteiger charge is -2.30. The number of amides is 1. The van der Waals surface area contributed by atoms with E-state index in [9.17, 15) is 19.3 Å². The molecule has 0 bridgehead atoms. The van der Waals surface area contributed by atoms with Gasteiger partial charge in [0.25, 0.3) is 7.52 Å². The van der Waals surface area contributed by atoms with Gasteiger partial charge < -0.3 is 14.5 Å². The molecule has 1 saturated heterocycles. The van der Waals surface area contributed by atoms with Crippen LogP contribution in [0.15, 0.2) is 30.3 Å². The van der Waals surface area contributed by atoms with Crippen LogP contribution in [0.5, 0.6) is 0 Å². The highest BCUT2D eigenvalue weighted by Gasteiger charge is 2.36. The number of unbranched alkanes of at least 4 members (excludes halogenated alkanes) is 1. The van der Waals surface area contributed by atoms with Gasteiger partial charge in [-0.05, 0) is 51.6 Å². The van der Waals surface area contributed by atoms with Crippen LogP contribution in [0.25, 0.3) is 0 Å². The zero-order chi connectivity index (χ0) is 20.6. The van der Waals surface area contributed by atoms with Crippen LogP contribution in [-0.2, 0) is 25.1 Å². The highest BCUT2D eigenvalue weighted by molar-refractivity contribution is 7.56. The number of aliphatic carboxylic acids is 1. The van der Waals surface area contributed by atoms with E-state index in [1.54, 1.807) is 14.0 Å². The molecule has 1 aliphatic heterocycles. The third kappa shape index (κ3) is 6.16. The zero-order valence-electron chi connectivity index (χ0n) is 16.7. The number of aryl methyl sites for hydroxylation is 1. The van der Waals surface area contributed by atoms with Crippen molar-refractivity contribution in [1.29, 1.82) is 0 Å². The lowest BCUT2D eigenvalue weighted by molar-refractivity contribution is -0.148. The summed E-state index contributed by atoms with van der Waals surface area (Å²) in [5.41, 5.74) is 1.24. The fourth-order valence-corrected chi connectivity index (χ4v) is 5.57. The lowest BCUT2D eigenvalue weighted by atomic mass is 10.1. The Morgan fingerprint density at radius 1 is 1.29 bits per heavy atom. The first-order valence-corrected chi connectivity index (χ1v) is 11.6. The number of carboxylic acids is 1. The highest BCUT2D eigenvalue weighted by atomic mass is 31.2. The molecule has 2 rings (SSSR count). The average Bonchev–Trinajstić information content (AvgIpc) is 3.16. The van der Waals surface area contributed by atoms with Crippen LogP contribution in [0, 0.1) is 0 Å². The van der Waals surface area contributed by atoms with Gasteiger partial charge in [0.1, 0.15) is 6.04 Å². The van der Waals surface area contributed by atoms with Gasteiger partial charge >= 0.3 is 5.97 Å². The molecule has 1 unspecified atom stereocenters. The zero-order valence-corrected chi connectivity index (χ0v) is 17.6. The fourth-order valence-electron chi connectivity index (χ4n) is 3.54. The molecule has 1 aliphatic rings. The Morgan fingerprint density at radius 3 is 2.64 bits per heavy atom. The van der Waals surface area contributed by atoms with Gasteiger partial charge in [0, 0.05) is 12.7 Å². The summed E-state index contributed by atoms with van der Waals surface area (Å²) in [6.45, 7) is 2.42. The van der Waals surface area contributed by atoms with Gasteiger partial charge in [-0.15, -0.1) is 0 Å². The Hall–Kier alpha value is -1.69. The summed E-state index contributed by atoms with van der Waals surface area (Å²) in [5, 5.41) is 9.26. The molecule has 1 N–H and O–H groups in total. The Balaban J connectivity index is 1.90. The molecule has 8 heteroatoms. The topological polar surface area (TPSA) is 87.2 Å². The minimum absolute atomic E-state index is 0.0975. The first kappa shape index (κ1) is 22.6. The first-order chi connectivity index (χ1) is 13.4. The van der Waals surface area contributed by atoms with Crippen LogP contribution >= 0.6 is 7.52 Å². The maximum absolute atomic E-state index is 13.3. The highest BCUT2D eigenvalue weighted by Crippen LogP contribution is 2.50. The summed E-state index contributed by atoms with van der Waals surface area (Å²) >= 11 is 0. The number of likely N-dealkylation sites (N-methyl/N-ethyl adjacent to an activating group) is 1. The molecule has 0 saturated carbocycles. The minimum atomic E-state index is -3.13. The predicted molar refractivity (Wildman–Crippen MR) is 108 cm³/mol. The molecule has 0 aromatic heterocycles. The number of benzene rings is 1. The fraction of sp³-hybridized carbons (Fsp3) is 0.600. The number of hydrogen-bond acceptors (Lipinski definition) is 4. The number of likely N-dealkylation sites (tertiary alicyclic amines) is 1. The molecule has 7 nitrogen and oxygen atoms in total. The normalized spacial score (nSPS) is 19.0. The number of nitrogens with zero attached hydrogens (tertiary/aromatic N) is 2. The summed E-state index contributed by atoms with van der Waals surface area (Å²) in [7, 11) is -1.51. The van der Waals surface area contributed by atoms with Crippen molar-refractivity contribution < 1.29 is 23.8 Å². The standard InChI is InChI=1S/C20H31N2O5P/c1-3-27-28(26,15-8-7-12-17-10-5-4-6-11-17)21(2)16-19(23)22-14-9-13-18(22)20(24)25/h4-6,10-11,18H,3,7-9,12-16H2,1-2H3,(H,24,25)/t18-,28?/m0/s1. The molecule has 0 aliphatic carbocycles. The van der Waals surface area contributed by atoms with E-state index < -0.39 is 19.5 Å². The molecule has 1 aromatic rings. The van der Waals surface area contributed by atoms with E-state index >= 15 is 0 Å². The summed E-state index contributed by atoms with van der Waals surface area (Å²) in [5.74, 6) is -1.29. The van der Waals surface area contributed by atoms with Crippen LogP contribution < -0.4 is 0 Å². The van der Waals surface area contributed by atoms with Crippen LogP contribution in [0.4, 0.5) is 0 Å². The summed E-state index contributed by atoms with van der Waals surface area (Å²) in [6, 6.07) is 9.35. The summed E-state index contributed by atoms with van der Waals surface area (Å²) in [4.78, 5) is 25.3. The molecule has 28 heavy (non-hydrogen) atoms. The van der Waals surface area contributed by atoms with E-state index in [2.05, 4.69) is 12.1 Å². The third-order valence-electron chi connectivity index (χ3n) is 5.07. The summed E-state index contributed by atoms with van der Waals surface area (Å²) < 4.78 is 20.4. The molecule has 1 amide bonds. The first-order valence-electron chi connectivity index (χ1n) is 9.89. The molecule has 1 heterocycles. The SMILES string of the molecule is CCOP(=O)(CCCCc1ccccc1)N(C)CC(=O)N1CCC[C@H]1C(=O)O. The number of carbonyl (C=O) groups is 2. The van der Waals surface area contributed by atoms with Crippen LogP contribution in [0.2, 0.25) is 0 Å². The maximum atomic E-state index is 13.3. The van der Waals surface area contributed by atoms with Gasteiger partial charge in [0.05, 0.1) is 13.2 Å². The van der Waals surface area contributed by atoms with Crippen molar-refractivity contribution in [2.75, 3.05) is 32.9 Å². The van der Waals surface area contributed by atoms with Crippen molar-refractivity contribution in [3.8, 4) is 0 Å². The second-order valence-electron chi connectivity index (χ2n) is 7.12. The Morgan fingerprint density at radius 2 is 2.00 bits per heavy atom. The van der Waals surface area contributed by atoms with Crippen molar-refractivity contribution >= 4 is 19.4 Å². The maximum Gasteiger partial charge on any atom is 0.326 e. The van der Waals surface area contributed by atoms with E-state index in [0.29, 0.717) is 32.2 Å². The predicted octanol–water partition coefficient (Wildman–Crippen LogP) is 3.25. The largest absolute Gasteiger partial charge is 0.480 e. The Kier molecular flexibility index (Phi) is 8.67.